The largest absolute Gasteiger partial charge is 0.334 e. The van der Waals surface area contributed by atoms with Crippen LogP contribution in [0.2, 0.25) is 0 Å². The summed E-state index contributed by atoms with van der Waals surface area (Å²) in [6, 6.07) is 0. The second kappa shape index (κ2) is 3.94. The highest BCUT2D eigenvalue weighted by molar-refractivity contribution is 5.92. The number of hydrogen-bond donors (Lipinski definition) is 0. The number of carbonyl (C=O) groups excluding carboxylic acids is 1. The Balaban J connectivity index is 2.04. The lowest BCUT2D eigenvalue weighted by Crippen LogP contribution is -2.40. The minimum atomic E-state index is -0.0496. The summed E-state index contributed by atoms with van der Waals surface area (Å²) >= 11 is 0. The maximum atomic E-state index is 12.1. The molecular formula is C11H14N6O. The third kappa shape index (κ3) is 1.51. The van der Waals surface area contributed by atoms with E-state index in [9.17, 15) is 4.79 Å². The molecule has 7 heteroatoms. The molecule has 0 N–H and O–H groups in total. The van der Waals surface area contributed by atoms with Gasteiger partial charge in [0.05, 0.1) is 11.8 Å². The molecule has 94 valence electrons. The second-order valence-electron chi connectivity index (χ2n) is 4.29. The van der Waals surface area contributed by atoms with E-state index in [1.165, 1.54) is 0 Å². The van der Waals surface area contributed by atoms with Gasteiger partial charge in [0.1, 0.15) is 0 Å². The first-order valence-electron chi connectivity index (χ1n) is 5.92. The molecule has 3 heterocycles. The lowest BCUT2D eigenvalue weighted by Gasteiger charge is -2.26. The van der Waals surface area contributed by atoms with Gasteiger partial charge in [-0.15, -0.1) is 10.2 Å². The molecule has 0 fully saturated rings. The van der Waals surface area contributed by atoms with Gasteiger partial charge < -0.3 is 9.47 Å². The lowest BCUT2D eigenvalue weighted by atomic mass is 10.3. The van der Waals surface area contributed by atoms with Crippen molar-refractivity contribution in [1.29, 1.82) is 0 Å². The van der Waals surface area contributed by atoms with Crippen molar-refractivity contribution in [3.8, 4) is 11.4 Å². The first-order chi connectivity index (χ1) is 8.70. The van der Waals surface area contributed by atoms with Crippen LogP contribution < -0.4 is 0 Å². The minimum absolute atomic E-state index is 0.0496. The minimum Gasteiger partial charge on any atom is -0.334 e. The molecule has 1 amide bonds. The van der Waals surface area contributed by atoms with Crippen molar-refractivity contribution >= 4 is 5.91 Å². The van der Waals surface area contributed by atoms with E-state index in [-0.39, 0.29) is 5.91 Å². The van der Waals surface area contributed by atoms with E-state index in [0.29, 0.717) is 24.7 Å². The molecule has 2 aromatic heterocycles. The van der Waals surface area contributed by atoms with Gasteiger partial charge in [0, 0.05) is 32.9 Å². The summed E-state index contributed by atoms with van der Waals surface area (Å²) in [4.78, 5) is 13.9. The van der Waals surface area contributed by atoms with E-state index in [1.807, 2.05) is 24.7 Å². The number of aromatic nitrogens is 5. The fraction of sp³-hybridized carbons (Fsp3) is 0.455. The summed E-state index contributed by atoms with van der Waals surface area (Å²) in [6.45, 7) is 4.10. The SMILES string of the molecule is CCN1CCn2c(nnc2-c2cnn(C)c2)C1=O. The van der Waals surface area contributed by atoms with Crippen LogP contribution in [0, 0.1) is 0 Å². The molecule has 1 aliphatic heterocycles. The normalized spacial score (nSPS) is 15.0. The molecule has 0 aromatic carbocycles. The van der Waals surface area contributed by atoms with Crippen LogP contribution in [0.1, 0.15) is 17.5 Å². The van der Waals surface area contributed by atoms with Crippen LogP contribution in [-0.4, -0.2) is 48.4 Å². The number of carbonyl (C=O) groups is 1. The zero-order valence-corrected chi connectivity index (χ0v) is 10.4. The molecule has 0 unspecified atom stereocenters. The Hall–Kier alpha value is -2.18. The fourth-order valence-electron chi connectivity index (χ4n) is 2.19. The van der Waals surface area contributed by atoms with Gasteiger partial charge in [-0.05, 0) is 6.92 Å². The van der Waals surface area contributed by atoms with Crippen molar-refractivity contribution in [3.63, 3.8) is 0 Å². The molecule has 0 spiro atoms. The highest BCUT2D eigenvalue weighted by Crippen LogP contribution is 2.20. The molecule has 0 aliphatic carbocycles. The predicted octanol–water partition coefficient (Wildman–Crippen LogP) is 0.154. The maximum absolute atomic E-state index is 12.1. The van der Waals surface area contributed by atoms with Crippen LogP contribution in [0.5, 0.6) is 0 Å². The first-order valence-corrected chi connectivity index (χ1v) is 5.92. The highest BCUT2D eigenvalue weighted by Gasteiger charge is 2.28. The van der Waals surface area contributed by atoms with Crippen molar-refractivity contribution in [2.75, 3.05) is 13.1 Å². The molecule has 2 aromatic rings. The van der Waals surface area contributed by atoms with E-state index in [1.54, 1.807) is 15.8 Å². The average molecular weight is 246 g/mol. The number of nitrogens with zero attached hydrogens (tertiary/aromatic N) is 6. The third-order valence-electron chi connectivity index (χ3n) is 3.17. The maximum Gasteiger partial charge on any atom is 0.291 e. The summed E-state index contributed by atoms with van der Waals surface area (Å²) in [7, 11) is 1.85. The van der Waals surface area contributed by atoms with Crippen LogP contribution >= 0.6 is 0 Å². The third-order valence-corrected chi connectivity index (χ3v) is 3.17. The van der Waals surface area contributed by atoms with E-state index in [0.717, 1.165) is 12.1 Å². The number of hydrogen-bond acceptors (Lipinski definition) is 4. The van der Waals surface area contributed by atoms with E-state index in [4.69, 9.17) is 0 Å². The quantitative estimate of drug-likeness (QED) is 0.756. The van der Waals surface area contributed by atoms with Crippen molar-refractivity contribution < 1.29 is 4.79 Å². The first kappa shape index (κ1) is 10.9. The van der Waals surface area contributed by atoms with Gasteiger partial charge in [0.2, 0.25) is 5.82 Å². The van der Waals surface area contributed by atoms with Gasteiger partial charge in [0.25, 0.3) is 5.91 Å². The summed E-state index contributed by atoms with van der Waals surface area (Å²) < 4.78 is 3.57. The molecule has 18 heavy (non-hydrogen) atoms. The Bertz CT molecular complexity index is 598. The van der Waals surface area contributed by atoms with Gasteiger partial charge in [-0.1, -0.05) is 0 Å². The summed E-state index contributed by atoms with van der Waals surface area (Å²) in [5.74, 6) is 1.08. The number of fused-ring (bicyclic) bond motifs is 1. The predicted molar refractivity (Wildman–Crippen MR) is 63.8 cm³/mol. The molecule has 7 nitrogen and oxygen atoms in total. The van der Waals surface area contributed by atoms with Gasteiger partial charge >= 0.3 is 0 Å². The van der Waals surface area contributed by atoms with Gasteiger partial charge in [-0.3, -0.25) is 9.48 Å². The second-order valence-corrected chi connectivity index (χ2v) is 4.29. The number of aryl methyl sites for hydroxylation is 1. The number of likely N-dealkylation sites (N-methyl/N-ethyl adjacent to an activating group) is 1. The Kier molecular flexibility index (Phi) is 2.39. The van der Waals surface area contributed by atoms with Gasteiger partial charge in [0.15, 0.2) is 5.82 Å². The molecule has 3 rings (SSSR count). The smallest absolute Gasteiger partial charge is 0.291 e. The molecule has 0 atom stereocenters. The molecule has 0 bridgehead atoms. The van der Waals surface area contributed by atoms with Crippen molar-refractivity contribution in [3.05, 3.63) is 18.2 Å². The average Bonchev–Trinajstić information content (AvgIpc) is 2.96. The lowest BCUT2D eigenvalue weighted by molar-refractivity contribution is 0.0707. The number of amides is 1. The standard InChI is InChI=1S/C11H14N6O/c1-3-16-4-5-17-9(8-6-12-15(2)7-8)13-14-10(17)11(16)18/h6-7H,3-5H2,1-2H3. The molecule has 1 aliphatic rings. The van der Waals surface area contributed by atoms with Gasteiger partial charge in [-0.25, -0.2) is 0 Å². The van der Waals surface area contributed by atoms with Crippen LogP contribution in [0.15, 0.2) is 12.4 Å². The molecule has 0 radical (unpaired) electrons. The summed E-state index contributed by atoms with van der Waals surface area (Å²) in [6.07, 6.45) is 3.60. The Morgan fingerprint density at radius 3 is 2.72 bits per heavy atom. The zero-order valence-electron chi connectivity index (χ0n) is 10.4. The summed E-state index contributed by atoms with van der Waals surface area (Å²) in [5, 5.41) is 12.2. The highest BCUT2D eigenvalue weighted by atomic mass is 16.2. The van der Waals surface area contributed by atoms with Crippen LogP contribution in [0.25, 0.3) is 11.4 Å². The topological polar surface area (TPSA) is 68.8 Å². The van der Waals surface area contributed by atoms with E-state index < -0.39 is 0 Å². The fourth-order valence-corrected chi connectivity index (χ4v) is 2.19. The van der Waals surface area contributed by atoms with Crippen molar-refractivity contribution in [2.45, 2.75) is 13.5 Å². The Labute approximate surface area is 104 Å². The molecule has 0 saturated heterocycles. The van der Waals surface area contributed by atoms with Gasteiger partial charge in [-0.2, -0.15) is 5.10 Å². The zero-order chi connectivity index (χ0) is 12.7. The van der Waals surface area contributed by atoms with Crippen LogP contribution in [0.3, 0.4) is 0 Å². The van der Waals surface area contributed by atoms with Crippen molar-refractivity contribution in [2.24, 2.45) is 7.05 Å². The van der Waals surface area contributed by atoms with Crippen LogP contribution in [-0.2, 0) is 13.6 Å². The summed E-state index contributed by atoms with van der Waals surface area (Å²) in [5.41, 5.74) is 0.883. The molecular weight excluding hydrogens is 232 g/mol. The van der Waals surface area contributed by atoms with E-state index >= 15 is 0 Å². The van der Waals surface area contributed by atoms with Crippen molar-refractivity contribution in [1.82, 2.24) is 29.4 Å². The molecule has 0 saturated carbocycles. The number of rotatable bonds is 2. The monoisotopic (exact) mass is 246 g/mol. The van der Waals surface area contributed by atoms with Crippen LogP contribution in [0.4, 0.5) is 0 Å². The van der Waals surface area contributed by atoms with E-state index in [2.05, 4.69) is 15.3 Å². The Morgan fingerprint density at radius 2 is 2.06 bits per heavy atom. The Morgan fingerprint density at radius 1 is 1.28 bits per heavy atom.